The van der Waals surface area contributed by atoms with Gasteiger partial charge in [-0.15, -0.1) is 0 Å². The number of nitrogens with zero attached hydrogens (tertiary/aromatic N) is 1. The molecule has 0 aliphatic heterocycles. The fraction of sp³-hybridized carbons (Fsp3) is 0.0500. The first-order valence-electron chi connectivity index (χ1n) is 8.10. The molecule has 1 heterocycles. The zero-order chi connectivity index (χ0) is 19.1. The van der Waals surface area contributed by atoms with Gasteiger partial charge in [-0.25, -0.2) is 4.79 Å². The second kappa shape index (κ2) is 8.86. The lowest BCUT2D eigenvalue weighted by Crippen LogP contribution is -2.35. The number of hydrogen-bond donors (Lipinski definition) is 1. The van der Waals surface area contributed by atoms with Crippen LogP contribution in [-0.4, -0.2) is 18.5 Å². The summed E-state index contributed by atoms with van der Waals surface area (Å²) in [4.78, 5) is 26.0. The van der Waals surface area contributed by atoms with Gasteiger partial charge < -0.3 is 15.3 Å². The fourth-order valence-electron chi connectivity index (χ4n) is 2.25. The van der Waals surface area contributed by atoms with Crippen molar-refractivity contribution in [1.29, 1.82) is 0 Å². The van der Waals surface area contributed by atoms with Gasteiger partial charge in [0.05, 0.1) is 5.69 Å². The van der Waals surface area contributed by atoms with Gasteiger partial charge in [0, 0.05) is 21.9 Å². The van der Waals surface area contributed by atoms with E-state index in [9.17, 15) is 14.8 Å². The number of nitrogens with one attached hydrogen (secondary N) is 1. The lowest BCUT2D eigenvalue weighted by atomic mass is 10.3. The molecule has 0 saturated carbocycles. The minimum atomic E-state index is -0.854. The van der Waals surface area contributed by atoms with Crippen molar-refractivity contribution in [3.05, 3.63) is 89.9 Å². The molecule has 3 rings (SSSR count). The van der Waals surface area contributed by atoms with Crippen LogP contribution in [0.25, 0.3) is 0 Å². The van der Waals surface area contributed by atoms with Crippen LogP contribution in [0, 0.1) is 5.21 Å². The second-order valence-electron chi connectivity index (χ2n) is 5.45. The Balaban J connectivity index is 1.61. The highest BCUT2D eigenvalue weighted by atomic mass is 32.2. The first kappa shape index (κ1) is 18.5. The summed E-state index contributed by atoms with van der Waals surface area (Å²) in [5, 5.41) is 14.3. The number of carbonyl (C=O) groups excluding carboxylic acids is 2. The first-order chi connectivity index (χ1) is 13.1. The van der Waals surface area contributed by atoms with Crippen LogP contribution >= 0.6 is 11.8 Å². The minimum Gasteiger partial charge on any atom is -0.618 e. The molecule has 1 aromatic heterocycles. The summed E-state index contributed by atoms with van der Waals surface area (Å²) in [5.41, 5.74) is 0.441. The van der Waals surface area contributed by atoms with E-state index in [1.807, 2.05) is 42.5 Å². The van der Waals surface area contributed by atoms with Crippen LogP contribution in [-0.2, 0) is 9.53 Å². The Morgan fingerprint density at radius 2 is 1.67 bits per heavy atom. The number of carbonyl (C=O) groups is 2. The molecular weight excluding hydrogens is 364 g/mol. The molecule has 0 aliphatic carbocycles. The van der Waals surface area contributed by atoms with E-state index in [1.165, 1.54) is 30.1 Å². The number of anilines is 1. The summed E-state index contributed by atoms with van der Waals surface area (Å²) in [5.74, 6) is -1.34. The Morgan fingerprint density at radius 1 is 0.963 bits per heavy atom. The van der Waals surface area contributed by atoms with Crippen molar-refractivity contribution in [2.45, 2.75) is 9.79 Å². The summed E-state index contributed by atoms with van der Waals surface area (Å²) < 4.78 is 5.32. The molecule has 0 spiro atoms. The monoisotopic (exact) mass is 380 g/mol. The van der Waals surface area contributed by atoms with E-state index >= 15 is 0 Å². The highest BCUT2D eigenvalue weighted by Gasteiger charge is 2.18. The maximum absolute atomic E-state index is 12.2. The maximum atomic E-state index is 12.2. The number of esters is 1. The first-order valence-corrected chi connectivity index (χ1v) is 8.92. The normalized spacial score (nSPS) is 10.2. The molecule has 1 amide bonds. The molecule has 0 atom stereocenters. The summed E-state index contributed by atoms with van der Waals surface area (Å²) in [6.45, 7) is -0.488. The van der Waals surface area contributed by atoms with Gasteiger partial charge in [-0.2, -0.15) is 4.73 Å². The van der Waals surface area contributed by atoms with Crippen LogP contribution in [0.15, 0.2) is 88.8 Å². The van der Waals surface area contributed by atoms with Gasteiger partial charge >= 0.3 is 11.7 Å². The fourth-order valence-corrected chi connectivity index (χ4v) is 3.17. The second-order valence-corrected chi connectivity index (χ2v) is 6.56. The number of rotatable bonds is 6. The Hall–Kier alpha value is -3.32. The molecule has 27 heavy (non-hydrogen) atoms. The molecule has 0 aliphatic rings. The summed E-state index contributed by atoms with van der Waals surface area (Å²) in [6.07, 6.45) is 1.19. The van der Waals surface area contributed by atoms with E-state index < -0.39 is 18.5 Å². The largest absolute Gasteiger partial charge is 0.618 e. The smallest absolute Gasteiger partial charge is 0.405 e. The Bertz CT molecular complexity index is 947. The van der Waals surface area contributed by atoms with E-state index in [0.717, 1.165) is 9.79 Å². The van der Waals surface area contributed by atoms with Crippen molar-refractivity contribution in [3.63, 3.8) is 0 Å². The standard InChI is InChI=1S/C20H16N2O4S/c23-19(14-26-20(24)17-11-6-7-13-22(17)25)21-16-10-4-5-12-18(16)27-15-8-2-1-3-9-15/h1-13H,14H2,(H,21,23). The van der Waals surface area contributed by atoms with Crippen LogP contribution in [0.1, 0.15) is 10.5 Å². The van der Waals surface area contributed by atoms with E-state index in [4.69, 9.17) is 4.74 Å². The van der Waals surface area contributed by atoms with Gasteiger partial charge in [0.25, 0.3) is 5.91 Å². The lowest BCUT2D eigenvalue weighted by molar-refractivity contribution is -0.608. The molecule has 0 radical (unpaired) electrons. The van der Waals surface area contributed by atoms with Gasteiger partial charge in [-0.1, -0.05) is 42.1 Å². The SMILES string of the molecule is O=C(COC(=O)c1cccc[n+]1[O-])Nc1ccccc1Sc1ccccc1. The van der Waals surface area contributed by atoms with Crippen LogP contribution < -0.4 is 10.0 Å². The number of aromatic nitrogens is 1. The number of amides is 1. The van der Waals surface area contributed by atoms with Crippen LogP contribution in [0.4, 0.5) is 5.69 Å². The molecule has 3 aromatic rings. The summed E-state index contributed by atoms with van der Waals surface area (Å²) in [7, 11) is 0. The Morgan fingerprint density at radius 3 is 2.44 bits per heavy atom. The van der Waals surface area contributed by atoms with Gasteiger partial charge in [-0.05, 0) is 30.3 Å². The number of ether oxygens (including phenoxy) is 1. The molecule has 7 heteroatoms. The molecule has 2 aromatic carbocycles. The third kappa shape index (κ3) is 5.08. The number of hydrogen-bond acceptors (Lipinski definition) is 5. The van der Waals surface area contributed by atoms with Gasteiger partial charge in [0.1, 0.15) is 0 Å². The van der Waals surface area contributed by atoms with Gasteiger partial charge in [0.2, 0.25) is 0 Å². The summed E-state index contributed by atoms with van der Waals surface area (Å²) in [6, 6.07) is 21.5. The average molecular weight is 380 g/mol. The predicted molar refractivity (Wildman–Crippen MR) is 101 cm³/mol. The molecule has 0 saturated heterocycles. The van der Waals surface area contributed by atoms with Crippen molar-refractivity contribution in [2.24, 2.45) is 0 Å². The highest BCUT2D eigenvalue weighted by molar-refractivity contribution is 7.99. The molecule has 0 unspecified atom stereocenters. The van der Waals surface area contributed by atoms with Crippen LogP contribution in [0.2, 0.25) is 0 Å². The van der Waals surface area contributed by atoms with Crippen LogP contribution in [0.3, 0.4) is 0 Å². The van der Waals surface area contributed by atoms with Gasteiger partial charge in [0.15, 0.2) is 12.8 Å². The van der Waals surface area contributed by atoms with Crippen molar-refractivity contribution in [1.82, 2.24) is 0 Å². The van der Waals surface area contributed by atoms with Crippen molar-refractivity contribution in [3.8, 4) is 0 Å². The molecular formula is C20H16N2O4S. The van der Waals surface area contributed by atoms with E-state index in [2.05, 4.69) is 5.32 Å². The minimum absolute atomic E-state index is 0.176. The molecule has 1 N–H and O–H groups in total. The van der Waals surface area contributed by atoms with Crippen molar-refractivity contribution >= 4 is 29.3 Å². The quantitative estimate of drug-likeness (QED) is 0.403. The average Bonchev–Trinajstić information content (AvgIpc) is 2.69. The maximum Gasteiger partial charge on any atom is 0.405 e. The lowest BCUT2D eigenvalue weighted by Gasteiger charge is -2.11. The van der Waals surface area contributed by atoms with E-state index in [-0.39, 0.29) is 5.69 Å². The topological polar surface area (TPSA) is 82.3 Å². The van der Waals surface area contributed by atoms with Crippen molar-refractivity contribution < 1.29 is 19.1 Å². The third-order valence-electron chi connectivity index (χ3n) is 3.50. The molecule has 0 bridgehead atoms. The zero-order valence-electron chi connectivity index (χ0n) is 14.2. The van der Waals surface area contributed by atoms with Gasteiger partial charge in [-0.3, -0.25) is 4.79 Å². The Kier molecular flexibility index (Phi) is 6.06. The zero-order valence-corrected chi connectivity index (χ0v) is 15.0. The van der Waals surface area contributed by atoms with Crippen molar-refractivity contribution in [2.75, 3.05) is 11.9 Å². The highest BCUT2D eigenvalue weighted by Crippen LogP contribution is 2.33. The summed E-state index contributed by atoms with van der Waals surface area (Å²) >= 11 is 1.51. The number of pyridine rings is 1. The molecule has 6 nitrogen and oxygen atoms in total. The number of benzene rings is 2. The third-order valence-corrected chi connectivity index (χ3v) is 4.58. The van der Waals surface area contributed by atoms with Crippen LogP contribution in [0.5, 0.6) is 0 Å². The predicted octanol–water partition coefficient (Wildman–Crippen LogP) is 3.27. The van der Waals surface area contributed by atoms with E-state index in [0.29, 0.717) is 10.4 Å². The molecule has 136 valence electrons. The Labute approximate surface area is 160 Å². The van der Waals surface area contributed by atoms with E-state index in [1.54, 1.807) is 18.2 Å². The molecule has 0 fully saturated rings. The number of para-hydroxylation sites is 1.